The number of pyridine rings is 1. The number of aliphatic hydroxyl groups excluding tert-OH is 1. The maximum Gasteiger partial charge on any atom is 0.137 e. The predicted molar refractivity (Wildman–Crippen MR) is 83.4 cm³/mol. The van der Waals surface area contributed by atoms with Crippen LogP contribution in [0.1, 0.15) is 24.2 Å². The van der Waals surface area contributed by atoms with Gasteiger partial charge in [0.1, 0.15) is 11.9 Å². The Kier molecular flexibility index (Phi) is 3.84. The van der Waals surface area contributed by atoms with Gasteiger partial charge in [-0.05, 0) is 35.4 Å². The fourth-order valence-electron chi connectivity index (χ4n) is 2.40. The van der Waals surface area contributed by atoms with Crippen LogP contribution >= 0.6 is 0 Å². The summed E-state index contributed by atoms with van der Waals surface area (Å²) in [6.45, 7) is 2.50. The molecule has 0 saturated carbocycles. The lowest BCUT2D eigenvalue weighted by Crippen LogP contribution is -2.01. The Labute approximate surface area is 123 Å². The van der Waals surface area contributed by atoms with E-state index in [1.807, 2.05) is 49.4 Å². The van der Waals surface area contributed by atoms with Crippen molar-refractivity contribution in [3.05, 3.63) is 72.1 Å². The maximum absolute atomic E-state index is 10.5. The van der Waals surface area contributed by atoms with Gasteiger partial charge >= 0.3 is 0 Å². The molecule has 2 aromatic carbocycles. The largest absolute Gasteiger partial charge is 0.492 e. The van der Waals surface area contributed by atoms with Crippen molar-refractivity contribution in [2.24, 2.45) is 0 Å². The lowest BCUT2D eigenvalue weighted by molar-refractivity contribution is 0.219. The second-order valence-electron chi connectivity index (χ2n) is 4.90. The molecule has 1 aromatic heterocycles. The minimum atomic E-state index is -0.706. The van der Waals surface area contributed by atoms with Crippen LogP contribution in [0.25, 0.3) is 10.8 Å². The van der Waals surface area contributed by atoms with Gasteiger partial charge in [0.15, 0.2) is 0 Å². The minimum Gasteiger partial charge on any atom is -0.492 e. The van der Waals surface area contributed by atoms with Gasteiger partial charge in [-0.1, -0.05) is 36.4 Å². The van der Waals surface area contributed by atoms with Crippen molar-refractivity contribution in [2.75, 3.05) is 6.61 Å². The van der Waals surface area contributed by atoms with Gasteiger partial charge in [0.25, 0.3) is 0 Å². The molecule has 0 radical (unpaired) electrons. The van der Waals surface area contributed by atoms with Gasteiger partial charge in [-0.3, -0.25) is 4.98 Å². The van der Waals surface area contributed by atoms with Crippen LogP contribution in [0.5, 0.6) is 5.75 Å². The molecule has 3 rings (SSSR count). The predicted octanol–water partition coefficient (Wildman–Crippen LogP) is 3.72. The second kappa shape index (κ2) is 5.94. The molecule has 0 fully saturated rings. The van der Waals surface area contributed by atoms with Crippen molar-refractivity contribution in [1.29, 1.82) is 0 Å². The molecule has 1 atom stereocenters. The highest BCUT2D eigenvalue weighted by Crippen LogP contribution is 2.26. The molecule has 0 amide bonds. The summed E-state index contributed by atoms with van der Waals surface area (Å²) >= 11 is 0. The van der Waals surface area contributed by atoms with Crippen molar-refractivity contribution >= 4 is 10.8 Å². The third-order valence-electron chi connectivity index (χ3n) is 3.45. The Hall–Kier alpha value is -2.39. The summed E-state index contributed by atoms with van der Waals surface area (Å²) in [7, 11) is 0. The molecule has 1 N–H and O–H groups in total. The summed E-state index contributed by atoms with van der Waals surface area (Å²) in [5.74, 6) is 0.676. The van der Waals surface area contributed by atoms with Gasteiger partial charge in [-0.25, -0.2) is 0 Å². The normalized spacial score (nSPS) is 12.3. The van der Waals surface area contributed by atoms with Crippen LogP contribution in [0.4, 0.5) is 0 Å². The molecule has 0 saturated heterocycles. The third kappa shape index (κ3) is 2.88. The van der Waals surface area contributed by atoms with E-state index in [1.165, 1.54) is 0 Å². The highest BCUT2D eigenvalue weighted by molar-refractivity contribution is 5.83. The van der Waals surface area contributed by atoms with Crippen LogP contribution in [0, 0.1) is 0 Å². The molecule has 21 heavy (non-hydrogen) atoms. The monoisotopic (exact) mass is 279 g/mol. The molecule has 106 valence electrons. The standard InChI is InChI=1S/C18H17NO2/c1-2-21-17-10-16(11-19-12-17)18(20)15-8-7-13-5-3-4-6-14(13)9-15/h3-12,18,20H,2H2,1H3. The number of hydrogen-bond acceptors (Lipinski definition) is 3. The van der Waals surface area contributed by atoms with E-state index in [4.69, 9.17) is 4.74 Å². The zero-order valence-corrected chi connectivity index (χ0v) is 11.9. The first kappa shape index (κ1) is 13.6. The summed E-state index contributed by atoms with van der Waals surface area (Å²) < 4.78 is 5.43. The highest BCUT2D eigenvalue weighted by atomic mass is 16.5. The van der Waals surface area contributed by atoms with Gasteiger partial charge in [0.2, 0.25) is 0 Å². The summed E-state index contributed by atoms with van der Waals surface area (Å²) in [6, 6.07) is 15.9. The van der Waals surface area contributed by atoms with E-state index in [1.54, 1.807) is 12.4 Å². The molecule has 3 aromatic rings. The average Bonchev–Trinajstić information content (AvgIpc) is 2.54. The Bertz CT molecular complexity index is 755. The minimum absolute atomic E-state index is 0.581. The number of benzene rings is 2. The Balaban J connectivity index is 1.95. The van der Waals surface area contributed by atoms with Crippen LogP contribution in [0.3, 0.4) is 0 Å². The molecule has 0 aliphatic rings. The van der Waals surface area contributed by atoms with Crippen molar-refractivity contribution in [3.8, 4) is 5.75 Å². The topological polar surface area (TPSA) is 42.4 Å². The number of nitrogens with zero attached hydrogens (tertiary/aromatic N) is 1. The maximum atomic E-state index is 10.5. The number of fused-ring (bicyclic) bond motifs is 1. The zero-order valence-electron chi connectivity index (χ0n) is 11.9. The number of aromatic nitrogens is 1. The first-order valence-corrected chi connectivity index (χ1v) is 7.02. The lowest BCUT2D eigenvalue weighted by atomic mass is 9.99. The van der Waals surface area contributed by atoms with E-state index in [-0.39, 0.29) is 0 Å². The van der Waals surface area contributed by atoms with Gasteiger partial charge in [-0.2, -0.15) is 0 Å². The van der Waals surface area contributed by atoms with Gasteiger partial charge in [0, 0.05) is 11.8 Å². The molecule has 0 aliphatic carbocycles. The van der Waals surface area contributed by atoms with Crippen LogP contribution in [0.15, 0.2) is 60.9 Å². The number of hydrogen-bond donors (Lipinski definition) is 1. The highest BCUT2D eigenvalue weighted by Gasteiger charge is 2.12. The Morgan fingerprint density at radius 1 is 1.00 bits per heavy atom. The molecule has 3 nitrogen and oxygen atoms in total. The van der Waals surface area contributed by atoms with Crippen molar-refractivity contribution in [1.82, 2.24) is 4.98 Å². The van der Waals surface area contributed by atoms with Gasteiger partial charge in [-0.15, -0.1) is 0 Å². The Morgan fingerprint density at radius 2 is 1.81 bits per heavy atom. The molecule has 0 aliphatic heterocycles. The van der Waals surface area contributed by atoms with E-state index >= 15 is 0 Å². The number of ether oxygens (including phenoxy) is 1. The molecular formula is C18H17NO2. The van der Waals surface area contributed by atoms with Crippen LogP contribution in [0.2, 0.25) is 0 Å². The molecular weight excluding hydrogens is 262 g/mol. The fraction of sp³-hybridized carbons (Fsp3) is 0.167. The van der Waals surface area contributed by atoms with E-state index in [2.05, 4.69) is 11.1 Å². The van der Waals surface area contributed by atoms with E-state index in [0.29, 0.717) is 12.4 Å². The summed E-state index contributed by atoms with van der Waals surface area (Å²) in [5, 5.41) is 12.8. The average molecular weight is 279 g/mol. The SMILES string of the molecule is CCOc1cncc(C(O)c2ccc3ccccc3c2)c1. The number of rotatable bonds is 4. The van der Waals surface area contributed by atoms with Crippen molar-refractivity contribution in [2.45, 2.75) is 13.0 Å². The van der Waals surface area contributed by atoms with Crippen LogP contribution in [-0.4, -0.2) is 16.7 Å². The van der Waals surface area contributed by atoms with E-state index < -0.39 is 6.10 Å². The first-order chi connectivity index (χ1) is 10.3. The summed E-state index contributed by atoms with van der Waals surface area (Å²) in [5.41, 5.74) is 1.58. The van der Waals surface area contributed by atoms with Gasteiger partial charge in [0.05, 0.1) is 12.8 Å². The van der Waals surface area contributed by atoms with Crippen LogP contribution < -0.4 is 4.74 Å². The Morgan fingerprint density at radius 3 is 2.62 bits per heavy atom. The molecule has 3 heteroatoms. The molecule has 0 bridgehead atoms. The van der Waals surface area contributed by atoms with Gasteiger partial charge < -0.3 is 9.84 Å². The lowest BCUT2D eigenvalue weighted by Gasteiger charge is -2.13. The summed E-state index contributed by atoms with van der Waals surface area (Å²) in [4.78, 5) is 4.13. The molecule has 1 unspecified atom stereocenters. The fourth-order valence-corrected chi connectivity index (χ4v) is 2.40. The summed E-state index contributed by atoms with van der Waals surface area (Å²) in [6.07, 6.45) is 2.62. The molecule has 1 heterocycles. The number of aliphatic hydroxyl groups is 1. The smallest absolute Gasteiger partial charge is 0.137 e. The van der Waals surface area contributed by atoms with E-state index in [0.717, 1.165) is 21.9 Å². The first-order valence-electron chi connectivity index (χ1n) is 7.02. The zero-order chi connectivity index (χ0) is 14.7. The molecule has 0 spiro atoms. The van der Waals surface area contributed by atoms with Crippen molar-refractivity contribution in [3.63, 3.8) is 0 Å². The van der Waals surface area contributed by atoms with Crippen LogP contribution in [-0.2, 0) is 0 Å². The van der Waals surface area contributed by atoms with E-state index in [9.17, 15) is 5.11 Å². The third-order valence-corrected chi connectivity index (χ3v) is 3.45. The second-order valence-corrected chi connectivity index (χ2v) is 4.90. The van der Waals surface area contributed by atoms with Crippen molar-refractivity contribution < 1.29 is 9.84 Å². The quantitative estimate of drug-likeness (QED) is 0.791.